The van der Waals surface area contributed by atoms with E-state index in [1.54, 1.807) is 11.3 Å². The number of aromatic nitrogens is 1. The van der Waals surface area contributed by atoms with Gasteiger partial charge in [0.1, 0.15) is 12.4 Å². The lowest BCUT2D eigenvalue weighted by Gasteiger charge is -2.06. The van der Waals surface area contributed by atoms with E-state index in [-0.39, 0.29) is 0 Å². The molecule has 2 nitrogen and oxygen atoms in total. The van der Waals surface area contributed by atoms with Crippen LogP contribution in [0.15, 0.2) is 34.4 Å². The summed E-state index contributed by atoms with van der Waals surface area (Å²) in [6.07, 6.45) is 1.83. The van der Waals surface area contributed by atoms with E-state index >= 15 is 0 Å². The Kier molecular flexibility index (Phi) is 3.38. The summed E-state index contributed by atoms with van der Waals surface area (Å²) < 4.78 is 6.58. The highest BCUT2D eigenvalue weighted by Crippen LogP contribution is 2.22. The van der Waals surface area contributed by atoms with E-state index in [0.29, 0.717) is 6.61 Å². The minimum absolute atomic E-state index is 0.578. The second-order valence-electron chi connectivity index (χ2n) is 3.13. The van der Waals surface area contributed by atoms with Crippen molar-refractivity contribution in [3.8, 4) is 5.75 Å². The van der Waals surface area contributed by atoms with Gasteiger partial charge in [0.05, 0.1) is 4.88 Å². The number of ether oxygens (including phenoxy) is 1. The fourth-order valence-electron chi connectivity index (χ4n) is 1.22. The third-order valence-electron chi connectivity index (χ3n) is 1.99. The van der Waals surface area contributed by atoms with Crippen LogP contribution in [0.3, 0.4) is 0 Å². The summed E-state index contributed by atoms with van der Waals surface area (Å²) in [6.45, 7) is 2.62. The van der Waals surface area contributed by atoms with Crippen LogP contribution in [0.2, 0.25) is 0 Å². The van der Waals surface area contributed by atoms with Gasteiger partial charge in [0.25, 0.3) is 0 Å². The highest BCUT2D eigenvalue weighted by atomic mass is 79.9. The molecule has 0 amide bonds. The van der Waals surface area contributed by atoms with Crippen molar-refractivity contribution in [3.63, 3.8) is 0 Å². The number of aryl methyl sites for hydroxylation is 1. The normalized spacial score (nSPS) is 10.3. The molecule has 0 radical (unpaired) electrons. The Labute approximate surface area is 101 Å². The fourth-order valence-corrected chi connectivity index (χ4v) is 2.49. The van der Waals surface area contributed by atoms with Gasteiger partial charge < -0.3 is 4.74 Å². The summed E-state index contributed by atoms with van der Waals surface area (Å²) in [5.41, 5.74) is 1.15. The molecule has 1 heterocycles. The van der Waals surface area contributed by atoms with Crippen LogP contribution in [0.25, 0.3) is 0 Å². The van der Waals surface area contributed by atoms with Crippen LogP contribution in [-0.2, 0) is 6.61 Å². The third kappa shape index (κ3) is 2.79. The lowest BCUT2D eigenvalue weighted by Crippen LogP contribution is -1.94. The van der Waals surface area contributed by atoms with Gasteiger partial charge in [-0.1, -0.05) is 18.2 Å². The SMILES string of the molecule is Cc1ccccc1OCc1cnc(Br)s1. The van der Waals surface area contributed by atoms with E-state index in [1.807, 2.05) is 37.4 Å². The highest BCUT2D eigenvalue weighted by Gasteiger charge is 2.01. The molecule has 1 aromatic carbocycles. The Morgan fingerprint density at radius 1 is 1.40 bits per heavy atom. The molecule has 0 aliphatic carbocycles. The summed E-state index contributed by atoms with van der Waals surface area (Å²) >= 11 is 4.92. The van der Waals surface area contributed by atoms with Gasteiger partial charge in [0.2, 0.25) is 0 Å². The Balaban J connectivity index is 2.02. The zero-order valence-corrected chi connectivity index (χ0v) is 10.6. The van der Waals surface area contributed by atoms with Crippen LogP contribution in [0.4, 0.5) is 0 Å². The predicted octanol–water partition coefficient (Wildman–Crippen LogP) is 3.79. The van der Waals surface area contributed by atoms with Crippen LogP contribution < -0.4 is 4.74 Å². The maximum atomic E-state index is 5.69. The molecular formula is C11H10BrNOS. The number of nitrogens with zero attached hydrogens (tertiary/aromatic N) is 1. The van der Waals surface area contributed by atoms with E-state index in [2.05, 4.69) is 20.9 Å². The van der Waals surface area contributed by atoms with Crippen molar-refractivity contribution in [3.05, 3.63) is 44.8 Å². The van der Waals surface area contributed by atoms with Crippen molar-refractivity contribution in [2.24, 2.45) is 0 Å². The fraction of sp³-hybridized carbons (Fsp3) is 0.182. The molecule has 0 unspecified atom stereocenters. The van der Waals surface area contributed by atoms with E-state index in [1.165, 1.54) is 0 Å². The predicted molar refractivity (Wildman–Crippen MR) is 65.3 cm³/mol. The maximum Gasteiger partial charge on any atom is 0.159 e. The number of hydrogen-bond donors (Lipinski definition) is 0. The topological polar surface area (TPSA) is 22.1 Å². The lowest BCUT2D eigenvalue weighted by molar-refractivity contribution is 0.307. The first-order valence-electron chi connectivity index (χ1n) is 4.54. The summed E-state index contributed by atoms with van der Waals surface area (Å²) in [5.74, 6) is 0.932. The number of para-hydroxylation sites is 1. The molecule has 0 saturated heterocycles. The number of halogens is 1. The monoisotopic (exact) mass is 283 g/mol. The average Bonchev–Trinajstić information content (AvgIpc) is 2.63. The van der Waals surface area contributed by atoms with E-state index < -0.39 is 0 Å². The summed E-state index contributed by atoms with van der Waals surface area (Å²) in [4.78, 5) is 5.22. The van der Waals surface area contributed by atoms with Crippen molar-refractivity contribution in [1.82, 2.24) is 4.98 Å². The zero-order valence-electron chi connectivity index (χ0n) is 8.24. The molecule has 2 aromatic rings. The molecule has 78 valence electrons. The maximum absolute atomic E-state index is 5.69. The molecule has 2 rings (SSSR count). The first-order valence-corrected chi connectivity index (χ1v) is 6.15. The van der Waals surface area contributed by atoms with E-state index in [0.717, 1.165) is 20.1 Å². The molecular weight excluding hydrogens is 274 g/mol. The Bertz CT molecular complexity index is 455. The van der Waals surface area contributed by atoms with Crippen molar-refractivity contribution in [1.29, 1.82) is 0 Å². The summed E-state index contributed by atoms with van der Waals surface area (Å²) in [5, 5.41) is 0. The smallest absolute Gasteiger partial charge is 0.159 e. The highest BCUT2D eigenvalue weighted by molar-refractivity contribution is 9.11. The Morgan fingerprint density at radius 3 is 2.87 bits per heavy atom. The van der Waals surface area contributed by atoms with Crippen molar-refractivity contribution in [2.75, 3.05) is 0 Å². The molecule has 0 saturated carbocycles. The van der Waals surface area contributed by atoms with Crippen LogP contribution in [0, 0.1) is 6.92 Å². The van der Waals surface area contributed by atoms with Crippen molar-refractivity contribution in [2.45, 2.75) is 13.5 Å². The molecule has 0 aliphatic heterocycles. The van der Waals surface area contributed by atoms with Crippen LogP contribution in [-0.4, -0.2) is 4.98 Å². The first kappa shape index (κ1) is 10.6. The van der Waals surface area contributed by atoms with Gasteiger partial charge in [0, 0.05) is 6.20 Å². The number of rotatable bonds is 3. The molecule has 0 aliphatic rings. The zero-order chi connectivity index (χ0) is 10.7. The van der Waals surface area contributed by atoms with Crippen LogP contribution in [0.1, 0.15) is 10.4 Å². The van der Waals surface area contributed by atoms with Gasteiger partial charge >= 0.3 is 0 Å². The summed E-state index contributed by atoms with van der Waals surface area (Å²) in [6, 6.07) is 8.00. The number of benzene rings is 1. The van der Waals surface area contributed by atoms with Gasteiger partial charge in [0.15, 0.2) is 3.92 Å². The second-order valence-corrected chi connectivity index (χ2v) is 5.52. The van der Waals surface area contributed by atoms with Gasteiger partial charge in [-0.05, 0) is 34.5 Å². The molecule has 15 heavy (non-hydrogen) atoms. The number of thiazole rings is 1. The minimum atomic E-state index is 0.578. The third-order valence-corrected chi connectivity index (χ3v) is 3.44. The molecule has 0 N–H and O–H groups in total. The van der Waals surface area contributed by atoms with Crippen LogP contribution >= 0.6 is 27.3 Å². The largest absolute Gasteiger partial charge is 0.488 e. The molecule has 1 aromatic heterocycles. The van der Waals surface area contributed by atoms with Gasteiger partial charge in [-0.25, -0.2) is 4.98 Å². The summed E-state index contributed by atoms with van der Waals surface area (Å²) in [7, 11) is 0. The lowest BCUT2D eigenvalue weighted by atomic mass is 10.2. The van der Waals surface area contributed by atoms with Crippen LogP contribution in [0.5, 0.6) is 5.75 Å². The molecule has 0 atom stereocenters. The standard InChI is InChI=1S/C11H10BrNOS/c1-8-4-2-3-5-10(8)14-7-9-6-13-11(12)15-9/h2-6H,7H2,1H3. The quantitative estimate of drug-likeness (QED) is 0.855. The van der Waals surface area contributed by atoms with Gasteiger partial charge in [-0.2, -0.15) is 0 Å². The Hall–Kier alpha value is -0.870. The molecule has 0 bridgehead atoms. The van der Waals surface area contributed by atoms with Crippen molar-refractivity contribution < 1.29 is 4.74 Å². The van der Waals surface area contributed by atoms with Gasteiger partial charge in [-0.3, -0.25) is 0 Å². The average molecular weight is 284 g/mol. The van der Waals surface area contributed by atoms with E-state index in [9.17, 15) is 0 Å². The van der Waals surface area contributed by atoms with E-state index in [4.69, 9.17) is 4.74 Å². The Morgan fingerprint density at radius 2 is 2.20 bits per heavy atom. The number of hydrogen-bond acceptors (Lipinski definition) is 3. The van der Waals surface area contributed by atoms with Gasteiger partial charge in [-0.15, -0.1) is 11.3 Å². The second kappa shape index (κ2) is 4.77. The molecule has 4 heteroatoms. The molecule has 0 fully saturated rings. The first-order chi connectivity index (χ1) is 7.25. The minimum Gasteiger partial charge on any atom is -0.488 e. The van der Waals surface area contributed by atoms with Crippen molar-refractivity contribution >= 4 is 27.3 Å². The molecule has 0 spiro atoms.